The third kappa shape index (κ3) is 3.71. The van der Waals surface area contributed by atoms with E-state index in [1.807, 2.05) is 0 Å². The number of nitrogens with two attached hydrogens (primary N) is 1. The molecule has 0 bridgehead atoms. The van der Waals surface area contributed by atoms with E-state index in [0.29, 0.717) is 0 Å². The Bertz CT molecular complexity index is 359. The van der Waals surface area contributed by atoms with E-state index in [0.717, 1.165) is 18.2 Å². The van der Waals surface area contributed by atoms with Gasteiger partial charge in [-0.3, -0.25) is 11.3 Å². The molecule has 0 aliphatic heterocycles. The van der Waals surface area contributed by atoms with E-state index in [4.69, 9.17) is 15.3 Å². The van der Waals surface area contributed by atoms with E-state index in [1.165, 1.54) is 14.2 Å². The van der Waals surface area contributed by atoms with E-state index in [1.54, 1.807) is 0 Å². The van der Waals surface area contributed by atoms with Crippen molar-refractivity contribution in [1.82, 2.24) is 5.43 Å². The van der Waals surface area contributed by atoms with Crippen LogP contribution in [-0.4, -0.2) is 26.6 Å². The quantitative estimate of drug-likeness (QED) is 0.446. The van der Waals surface area contributed by atoms with E-state index in [2.05, 4.69) is 5.43 Å². The number of ether oxygens (including phenoxy) is 2. The summed E-state index contributed by atoms with van der Waals surface area (Å²) in [7, 11) is 2.89. The van der Waals surface area contributed by atoms with Crippen molar-refractivity contribution in [3.05, 3.63) is 35.4 Å². The van der Waals surface area contributed by atoms with Crippen LogP contribution in [0.2, 0.25) is 0 Å². The number of halogens is 2. The highest BCUT2D eigenvalue weighted by Crippen LogP contribution is 2.14. The number of methoxy groups -OCH3 is 2. The van der Waals surface area contributed by atoms with Gasteiger partial charge in [0.05, 0.1) is 6.04 Å². The van der Waals surface area contributed by atoms with E-state index in [-0.39, 0.29) is 12.0 Å². The minimum Gasteiger partial charge on any atom is -0.354 e. The van der Waals surface area contributed by atoms with Crippen molar-refractivity contribution in [3.8, 4) is 0 Å². The molecule has 0 aliphatic rings. The summed E-state index contributed by atoms with van der Waals surface area (Å²) in [6.45, 7) is 0. The first-order valence-corrected chi connectivity index (χ1v) is 5.08. The van der Waals surface area contributed by atoms with Crippen molar-refractivity contribution in [3.63, 3.8) is 0 Å². The molecule has 0 amide bonds. The lowest BCUT2D eigenvalue weighted by Gasteiger charge is -2.24. The smallest absolute Gasteiger partial charge is 0.173 e. The molecule has 96 valence electrons. The maximum atomic E-state index is 13.4. The monoisotopic (exact) mass is 246 g/mol. The Kier molecular flexibility index (Phi) is 5.43. The molecule has 0 heterocycles. The summed E-state index contributed by atoms with van der Waals surface area (Å²) in [6, 6.07) is 2.80. The molecule has 4 nitrogen and oxygen atoms in total. The highest BCUT2D eigenvalue weighted by atomic mass is 19.1. The topological polar surface area (TPSA) is 56.5 Å². The summed E-state index contributed by atoms with van der Waals surface area (Å²) in [5, 5.41) is 0. The van der Waals surface area contributed by atoms with Crippen LogP contribution in [0, 0.1) is 11.6 Å². The van der Waals surface area contributed by atoms with Crippen molar-refractivity contribution in [2.24, 2.45) is 5.84 Å². The van der Waals surface area contributed by atoms with E-state index in [9.17, 15) is 8.78 Å². The minimum absolute atomic E-state index is 0.159. The Morgan fingerprint density at radius 2 is 1.94 bits per heavy atom. The molecule has 1 aromatic rings. The predicted molar refractivity (Wildman–Crippen MR) is 59.0 cm³/mol. The van der Waals surface area contributed by atoms with Gasteiger partial charge in [-0.05, 0) is 30.2 Å². The summed E-state index contributed by atoms with van der Waals surface area (Å²) < 4.78 is 36.4. The number of nitrogens with one attached hydrogen (secondary N) is 1. The SMILES string of the molecule is COC(OC)C(Cc1cc(F)ccc1F)NN. The number of hydrogen-bond acceptors (Lipinski definition) is 4. The summed E-state index contributed by atoms with van der Waals surface area (Å²) in [5.41, 5.74) is 2.67. The molecule has 1 aromatic carbocycles. The Balaban J connectivity index is 2.83. The molecule has 0 spiro atoms. The van der Waals surface area contributed by atoms with Gasteiger partial charge in [0.2, 0.25) is 0 Å². The highest BCUT2D eigenvalue weighted by molar-refractivity contribution is 5.19. The average molecular weight is 246 g/mol. The molecule has 0 radical (unpaired) electrons. The van der Waals surface area contributed by atoms with Gasteiger partial charge < -0.3 is 9.47 Å². The average Bonchev–Trinajstić information content (AvgIpc) is 2.33. The summed E-state index contributed by atoms with van der Waals surface area (Å²) in [6.07, 6.45) is -0.477. The van der Waals surface area contributed by atoms with Crippen LogP contribution >= 0.6 is 0 Å². The lowest BCUT2D eigenvalue weighted by molar-refractivity contribution is -0.122. The first kappa shape index (κ1) is 14.0. The Hall–Kier alpha value is -1.08. The molecule has 3 N–H and O–H groups in total. The molecule has 17 heavy (non-hydrogen) atoms. The minimum atomic E-state index is -0.636. The Morgan fingerprint density at radius 1 is 1.29 bits per heavy atom. The first-order valence-electron chi connectivity index (χ1n) is 5.08. The van der Waals surface area contributed by atoms with Crippen LogP contribution in [0.5, 0.6) is 0 Å². The fourth-order valence-electron chi connectivity index (χ4n) is 1.60. The fraction of sp³-hybridized carbons (Fsp3) is 0.455. The summed E-state index contributed by atoms with van der Waals surface area (Å²) >= 11 is 0. The second-order valence-electron chi connectivity index (χ2n) is 3.55. The van der Waals surface area contributed by atoms with Crippen molar-refractivity contribution in [2.45, 2.75) is 18.8 Å². The maximum absolute atomic E-state index is 13.4. The van der Waals surface area contributed by atoms with Crippen molar-refractivity contribution in [1.29, 1.82) is 0 Å². The second kappa shape index (κ2) is 6.61. The zero-order valence-electron chi connectivity index (χ0n) is 9.74. The summed E-state index contributed by atoms with van der Waals surface area (Å²) in [4.78, 5) is 0. The third-order valence-corrected chi connectivity index (χ3v) is 2.45. The normalized spacial score (nSPS) is 13.1. The van der Waals surface area contributed by atoms with Crippen molar-refractivity contribution >= 4 is 0 Å². The van der Waals surface area contributed by atoms with Gasteiger partial charge in [0.15, 0.2) is 6.29 Å². The molecule has 0 fully saturated rings. The maximum Gasteiger partial charge on any atom is 0.173 e. The predicted octanol–water partition coefficient (Wildman–Crippen LogP) is 0.958. The number of benzene rings is 1. The van der Waals surface area contributed by atoms with Gasteiger partial charge in [0.1, 0.15) is 11.6 Å². The molecule has 1 unspecified atom stereocenters. The van der Waals surface area contributed by atoms with Crippen LogP contribution in [0.1, 0.15) is 5.56 Å². The molecule has 1 rings (SSSR count). The van der Waals surface area contributed by atoms with Crippen LogP contribution in [0.25, 0.3) is 0 Å². The van der Waals surface area contributed by atoms with Crippen LogP contribution in [-0.2, 0) is 15.9 Å². The van der Waals surface area contributed by atoms with Crippen LogP contribution in [0.4, 0.5) is 8.78 Å². The molecule has 0 aromatic heterocycles. The molecule has 0 saturated heterocycles. The van der Waals surface area contributed by atoms with Gasteiger partial charge in [0, 0.05) is 14.2 Å². The van der Waals surface area contributed by atoms with Crippen LogP contribution < -0.4 is 11.3 Å². The van der Waals surface area contributed by atoms with Crippen LogP contribution in [0.15, 0.2) is 18.2 Å². The van der Waals surface area contributed by atoms with Crippen molar-refractivity contribution < 1.29 is 18.3 Å². The largest absolute Gasteiger partial charge is 0.354 e. The third-order valence-electron chi connectivity index (χ3n) is 2.45. The molecule has 0 aliphatic carbocycles. The van der Waals surface area contributed by atoms with Gasteiger partial charge in [-0.1, -0.05) is 0 Å². The highest BCUT2D eigenvalue weighted by Gasteiger charge is 2.21. The molecular weight excluding hydrogens is 230 g/mol. The Morgan fingerprint density at radius 3 is 2.47 bits per heavy atom. The second-order valence-corrected chi connectivity index (χ2v) is 3.55. The number of hydrazine groups is 1. The van der Waals surface area contributed by atoms with Gasteiger partial charge in [-0.25, -0.2) is 8.78 Å². The Labute approximate surface area is 98.7 Å². The zero-order valence-corrected chi connectivity index (χ0v) is 9.74. The molecule has 6 heteroatoms. The van der Waals surface area contributed by atoms with Crippen molar-refractivity contribution in [2.75, 3.05) is 14.2 Å². The van der Waals surface area contributed by atoms with Gasteiger partial charge in [0.25, 0.3) is 0 Å². The molecular formula is C11H16F2N2O2. The zero-order chi connectivity index (χ0) is 12.8. The lowest BCUT2D eigenvalue weighted by Crippen LogP contribution is -2.47. The lowest BCUT2D eigenvalue weighted by atomic mass is 10.1. The van der Waals surface area contributed by atoms with E-state index < -0.39 is 24.0 Å². The fourth-order valence-corrected chi connectivity index (χ4v) is 1.60. The number of rotatable bonds is 6. The van der Waals surface area contributed by atoms with Gasteiger partial charge >= 0.3 is 0 Å². The van der Waals surface area contributed by atoms with Crippen LogP contribution in [0.3, 0.4) is 0 Å². The van der Waals surface area contributed by atoms with E-state index >= 15 is 0 Å². The molecule has 0 saturated carbocycles. The molecule has 1 atom stereocenters. The first-order chi connectivity index (χ1) is 8.12. The standard InChI is InChI=1S/C11H16F2N2O2/c1-16-11(17-2)10(15-14)6-7-5-8(12)3-4-9(7)13/h3-5,10-11,15H,6,14H2,1-2H3. The number of hydrogen-bond donors (Lipinski definition) is 2. The van der Waals surface area contributed by atoms with Gasteiger partial charge in [-0.2, -0.15) is 0 Å². The summed E-state index contributed by atoms with van der Waals surface area (Å²) in [5.74, 6) is 4.35. The van der Waals surface area contributed by atoms with Gasteiger partial charge in [-0.15, -0.1) is 0 Å².